The molecule has 0 spiro atoms. The van der Waals surface area contributed by atoms with Crippen molar-refractivity contribution in [3.8, 4) is 11.6 Å². The summed E-state index contributed by atoms with van der Waals surface area (Å²) in [7, 11) is 1.64. The molecule has 2 N–H and O–H groups in total. The van der Waals surface area contributed by atoms with Gasteiger partial charge in [-0.05, 0) is 12.1 Å². The number of rotatable bonds is 5. The summed E-state index contributed by atoms with van der Waals surface area (Å²) < 4.78 is 48.4. The average Bonchev–Trinajstić information content (AvgIpc) is 3.66. The monoisotopic (exact) mass is 534 g/mol. The molecule has 1 aliphatic rings. The third-order valence-electron chi connectivity index (χ3n) is 6.38. The number of thiazole rings is 1. The van der Waals surface area contributed by atoms with Crippen molar-refractivity contribution in [2.24, 2.45) is 7.05 Å². The first-order valence-electron chi connectivity index (χ1n) is 11.4. The molecule has 6 rings (SSSR count). The molecule has 0 aromatic carbocycles. The van der Waals surface area contributed by atoms with E-state index < -0.39 is 11.9 Å². The molecule has 194 valence electrons. The minimum absolute atomic E-state index is 0.0856. The third kappa shape index (κ3) is 4.01. The van der Waals surface area contributed by atoms with Gasteiger partial charge in [0.1, 0.15) is 5.52 Å². The van der Waals surface area contributed by atoms with E-state index in [2.05, 4.69) is 25.0 Å². The standard InChI is InChI=1S/C21H21F3N10O2S/c1-30-14-16(28-18(25)34-17(14)27-15(29-34)12-3-2-10-36-12)33(20(30)35)9-6-31-4-7-32(8-5-31)19-26-13(11-37-19)21(22,23)24/h2-3,10-11H,4-9H2,1H3,(H2,25,28). The molecule has 16 heteroatoms. The van der Waals surface area contributed by atoms with Gasteiger partial charge in [-0.15, -0.1) is 16.4 Å². The molecule has 0 amide bonds. The average molecular weight is 535 g/mol. The van der Waals surface area contributed by atoms with Crippen LogP contribution in [0.15, 0.2) is 33.0 Å². The van der Waals surface area contributed by atoms with Crippen LogP contribution in [0.1, 0.15) is 5.69 Å². The summed E-state index contributed by atoms with van der Waals surface area (Å²) in [5.41, 5.74) is 6.32. The number of aromatic nitrogens is 7. The molecule has 0 saturated carbocycles. The fraction of sp³-hybridized carbons (Fsp3) is 0.381. The third-order valence-corrected chi connectivity index (χ3v) is 7.29. The molecule has 1 aliphatic heterocycles. The number of hydrogen-bond acceptors (Lipinski definition) is 10. The van der Waals surface area contributed by atoms with Gasteiger partial charge in [0, 0.05) is 51.7 Å². The Morgan fingerprint density at radius 2 is 1.89 bits per heavy atom. The molecule has 0 radical (unpaired) electrons. The maximum Gasteiger partial charge on any atom is 0.434 e. The number of furan rings is 1. The van der Waals surface area contributed by atoms with Crippen LogP contribution < -0.4 is 16.3 Å². The summed E-state index contributed by atoms with van der Waals surface area (Å²) in [6.07, 6.45) is -2.93. The number of anilines is 2. The number of hydrogen-bond donors (Lipinski definition) is 1. The summed E-state index contributed by atoms with van der Waals surface area (Å²) in [6.45, 7) is 3.23. The molecular weight excluding hydrogens is 513 g/mol. The zero-order valence-electron chi connectivity index (χ0n) is 19.5. The molecule has 37 heavy (non-hydrogen) atoms. The number of alkyl halides is 3. The Morgan fingerprint density at radius 1 is 1.11 bits per heavy atom. The molecule has 5 aromatic heterocycles. The fourth-order valence-electron chi connectivity index (χ4n) is 4.45. The summed E-state index contributed by atoms with van der Waals surface area (Å²) in [5.74, 6) is 0.876. The van der Waals surface area contributed by atoms with Crippen LogP contribution in [0.5, 0.6) is 0 Å². The number of nitrogens with two attached hydrogens (primary N) is 1. The number of fused-ring (bicyclic) bond motifs is 3. The van der Waals surface area contributed by atoms with Gasteiger partial charge in [-0.3, -0.25) is 14.0 Å². The van der Waals surface area contributed by atoms with Crippen LogP contribution in [0.2, 0.25) is 0 Å². The van der Waals surface area contributed by atoms with Crippen LogP contribution >= 0.6 is 11.3 Å². The predicted molar refractivity (Wildman–Crippen MR) is 129 cm³/mol. The highest BCUT2D eigenvalue weighted by atomic mass is 32.1. The van der Waals surface area contributed by atoms with Crippen LogP contribution in [-0.2, 0) is 19.8 Å². The van der Waals surface area contributed by atoms with Gasteiger partial charge < -0.3 is 15.1 Å². The molecule has 0 atom stereocenters. The Bertz CT molecular complexity index is 1640. The molecule has 6 heterocycles. The second-order valence-electron chi connectivity index (χ2n) is 8.63. The summed E-state index contributed by atoms with van der Waals surface area (Å²) >= 11 is 0.993. The van der Waals surface area contributed by atoms with Gasteiger partial charge in [-0.2, -0.15) is 22.7 Å². The molecular formula is C21H21F3N10O2S. The molecule has 0 unspecified atom stereocenters. The van der Waals surface area contributed by atoms with E-state index in [9.17, 15) is 18.0 Å². The highest BCUT2D eigenvalue weighted by Gasteiger charge is 2.34. The number of nitrogen functional groups attached to an aromatic ring is 1. The van der Waals surface area contributed by atoms with E-state index >= 15 is 0 Å². The Labute approximate surface area is 210 Å². The second-order valence-corrected chi connectivity index (χ2v) is 9.46. The van der Waals surface area contributed by atoms with Crippen molar-refractivity contribution in [1.82, 2.24) is 38.6 Å². The minimum atomic E-state index is -4.45. The van der Waals surface area contributed by atoms with Crippen LogP contribution in [0, 0.1) is 0 Å². The lowest BCUT2D eigenvalue weighted by Gasteiger charge is -2.34. The van der Waals surface area contributed by atoms with Crippen molar-refractivity contribution in [2.75, 3.05) is 43.4 Å². The first kappa shape index (κ1) is 23.5. The van der Waals surface area contributed by atoms with E-state index in [1.54, 1.807) is 23.7 Å². The number of nitrogens with zero attached hydrogens (tertiary/aromatic N) is 9. The van der Waals surface area contributed by atoms with Crippen LogP contribution in [0.3, 0.4) is 0 Å². The number of halogens is 3. The maximum absolute atomic E-state index is 13.1. The lowest BCUT2D eigenvalue weighted by atomic mass is 10.3. The fourth-order valence-corrected chi connectivity index (χ4v) is 5.33. The Morgan fingerprint density at radius 3 is 2.57 bits per heavy atom. The second kappa shape index (κ2) is 8.58. The van der Waals surface area contributed by atoms with E-state index in [1.807, 2.05) is 4.90 Å². The van der Waals surface area contributed by atoms with E-state index in [-0.39, 0.29) is 11.6 Å². The van der Waals surface area contributed by atoms with Crippen molar-refractivity contribution in [3.63, 3.8) is 0 Å². The molecule has 5 aromatic rings. The lowest BCUT2D eigenvalue weighted by Crippen LogP contribution is -2.47. The summed E-state index contributed by atoms with van der Waals surface area (Å²) in [4.78, 5) is 29.8. The largest absolute Gasteiger partial charge is 0.461 e. The van der Waals surface area contributed by atoms with Crippen LogP contribution in [-0.4, -0.2) is 71.3 Å². The highest BCUT2D eigenvalue weighted by molar-refractivity contribution is 7.13. The van der Waals surface area contributed by atoms with E-state index in [0.717, 1.165) is 16.7 Å². The maximum atomic E-state index is 13.1. The number of imidazole rings is 1. The van der Waals surface area contributed by atoms with Crippen LogP contribution in [0.25, 0.3) is 28.4 Å². The van der Waals surface area contributed by atoms with Crippen molar-refractivity contribution >= 4 is 39.2 Å². The van der Waals surface area contributed by atoms with E-state index in [0.29, 0.717) is 72.8 Å². The number of piperazine rings is 1. The first-order valence-corrected chi connectivity index (χ1v) is 12.2. The van der Waals surface area contributed by atoms with Gasteiger partial charge >= 0.3 is 11.9 Å². The SMILES string of the molecule is Cn1c(=O)n(CCN2CCN(c3nc(C(F)(F)F)cs3)CC2)c2nc(N)n3nc(-c4ccco4)nc3c21. The van der Waals surface area contributed by atoms with Crippen molar-refractivity contribution in [2.45, 2.75) is 12.7 Å². The lowest BCUT2D eigenvalue weighted by molar-refractivity contribution is -0.140. The zero-order valence-corrected chi connectivity index (χ0v) is 20.3. The Hall–Kier alpha value is -3.92. The van der Waals surface area contributed by atoms with Gasteiger partial charge in [-0.25, -0.2) is 14.8 Å². The van der Waals surface area contributed by atoms with Crippen molar-refractivity contribution in [3.05, 3.63) is 40.0 Å². The molecule has 0 aliphatic carbocycles. The van der Waals surface area contributed by atoms with Crippen LogP contribution in [0.4, 0.5) is 24.3 Å². The minimum Gasteiger partial charge on any atom is -0.461 e. The van der Waals surface area contributed by atoms with Gasteiger partial charge in [0.25, 0.3) is 0 Å². The van der Waals surface area contributed by atoms with Crippen molar-refractivity contribution < 1.29 is 17.6 Å². The molecule has 1 saturated heterocycles. The normalized spacial score (nSPS) is 15.4. The Balaban J connectivity index is 1.21. The van der Waals surface area contributed by atoms with E-state index in [4.69, 9.17) is 10.2 Å². The molecule has 12 nitrogen and oxygen atoms in total. The smallest absolute Gasteiger partial charge is 0.434 e. The molecule has 1 fully saturated rings. The van der Waals surface area contributed by atoms with Crippen molar-refractivity contribution in [1.29, 1.82) is 0 Å². The molecule has 0 bridgehead atoms. The zero-order chi connectivity index (χ0) is 25.9. The first-order chi connectivity index (χ1) is 17.7. The highest BCUT2D eigenvalue weighted by Crippen LogP contribution is 2.33. The van der Waals surface area contributed by atoms with Gasteiger partial charge in [0.05, 0.1) is 6.26 Å². The van der Waals surface area contributed by atoms with Gasteiger partial charge in [-0.1, -0.05) is 0 Å². The topological polar surface area (TPSA) is 129 Å². The quantitative estimate of drug-likeness (QED) is 0.360. The summed E-state index contributed by atoms with van der Waals surface area (Å²) in [6, 6.07) is 3.45. The van der Waals surface area contributed by atoms with Gasteiger partial charge in [0.2, 0.25) is 11.8 Å². The van der Waals surface area contributed by atoms with E-state index in [1.165, 1.54) is 15.3 Å². The summed E-state index contributed by atoms with van der Waals surface area (Å²) in [5, 5.41) is 5.77. The number of aryl methyl sites for hydroxylation is 1. The van der Waals surface area contributed by atoms with Gasteiger partial charge in [0.15, 0.2) is 27.9 Å². The Kier molecular flexibility index (Phi) is 5.45. The predicted octanol–water partition coefficient (Wildman–Crippen LogP) is 1.92.